The number of likely N-dealkylation sites (tertiary alicyclic amines) is 1. The number of nitrogens with zero attached hydrogens (tertiary/aromatic N) is 2. The molecule has 0 bridgehead atoms. The lowest BCUT2D eigenvalue weighted by atomic mass is 9.84. The molecular weight excluding hydrogens is 494 g/mol. The van der Waals surface area contributed by atoms with E-state index in [0.717, 1.165) is 81.2 Å². The average Bonchev–Trinajstić information content (AvgIpc) is 3.44. The molecular formula is C31H45N3O5. The summed E-state index contributed by atoms with van der Waals surface area (Å²) in [7, 11) is 0. The molecule has 2 saturated carbocycles. The highest BCUT2D eigenvalue weighted by molar-refractivity contribution is 6.09. The number of allylic oxidation sites excluding steroid dienone is 1. The number of carbonyl (C=O) groups is 2. The zero-order valence-corrected chi connectivity index (χ0v) is 23.4. The van der Waals surface area contributed by atoms with Crippen LogP contribution in [-0.2, 0) is 14.3 Å². The molecule has 1 aromatic rings. The minimum atomic E-state index is -0.145. The number of aliphatic imine (C=N–C) groups is 1. The Labute approximate surface area is 232 Å². The molecule has 0 spiro atoms. The third-order valence-corrected chi connectivity index (χ3v) is 8.38. The molecule has 0 unspecified atom stereocenters. The number of benzene rings is 1. The molecule has 8 nitrogen and oxygen atoms in total. The Morgan fingerprint density at radius 2 is 1.79 bits per heavy atom. The molecule has 0 radical (unpaired) electrons. The van der Waals surface area contributed by atoms with E-state index in [1.165, 1.54) is 5.56 Å². The van der Waals surface area contributed by atoms with E-state index in [2.05, 4.69) is 18.0 Å². The van der Waals surface area contributed by atoms with Crippen LogP contribution in [0.1, 0.15) is 76.2 Å². The van der Waals surface area contributed by atoms with Crippen molar-refractivity contribution in [1.29, 1.82) is 0 Å². The number of para-hydroxylation sites is 1. The summed E-state index contributed by atoms with van der Waals surface area (Å²) in [5.74, 6) is 1.55. The smallest absolute Gasteiger partial charge is 0.270 e. The van der Waals surface area contributed by atoms with Crippen molar-refractivity contribution in [2.24, 2.45) is 16.6 Å². The predicted octanol–water partition coefficient (Wildman–Crippen LogP) is 4.12. The number of ketones is 1. The SMILES string of the molecule is Cc1ccccc1OC1CCC(CCC(=O)CN=C2CCCC2=C(N)C(=O)N2CCC(OCCO)CC2)CC1. The zero-order chi connectivity index (χ0) is 27.6. The van der Waals surface area contributed by atoms with Crippen molar-refractivity contribution in [3.8, 4) is 5.75 Å². The van der Waals surface area contributed by atoms with Gasteiger partial charge < -0.3 is 25.2 Å². The van der Waals surface area contributed by atoms with Crippen molar-refractivity contribution < 1.29 is 24.2 Å². The lowest BCUT2D eigenvalue weighted by Gasteiger charge is -2.32. The maximum absolute atomic E-state index is 13.0. The molecule has 1 heterocycles. The number of hydrogen-bond acceptors (Lipinski definition) is 7. The molecule has 1 aromatic carbocycles. The van der Waals surface area contributed by atoms with Gasteiger partial charge in [-0.15, -0.1) is 0 Å². The van der Waals surface area contributed by atoms with E-state index < -0.39 is 0 Å². The van der Waals surface area contributed by atoms with Crippen LogP contribution in [0.5, 0.6) is 5.75 Å². The standard InChI is InChI=1S/C31H45N3O5/c1-22-5-2-3-8-29(22)39-26-13-10-23(11-14-26)9-12-24(36)21-33-28-7-4-6-27(28)30(32)31(37)34-17-15-25(16-18-34)38-20-19-35/h2-3,5,8,23,25-26,35H,4,6-7,9-21,32H2,1H3. The second-order valence-electron chi connectivity index (χ2n) is 11.2. The summed E-state index contributed by atoms with van der Waals surface area (Å²) in [6.45, 7) is 3.76. The van der Waals surface area contributed by atoms with Gasteiger partial charge in [0.05, 0.1) is 32.0 Å². The first kappa shape index (κ1) is 29.3. The highest BCUT2D eigenvalue weighted by Crippen LogP contribution is 2.31. The van der Waals surface area contributed by atoms with Gasteiger partial charge in [0.2, 0.25) is 0 Å². The van der Waals surface area contributed by atoms with E-state index in [1.54, 1.807) is 4.90 Å². The van der Waals surface area contributed by atoms with Crippen molar-refractivity contribution >= 4 is 17.4 Å². The van der Waals surface area contributed by atoms with Crippen LogP contribution in [0.15, 0.2) is 40.5 Å². The molecule has 3 fully saturated rings. The van der Waals surface area contributed by atoms with E-state index in [-0.39, 0.29) is 42.7 Å². The van der Waals surface area contributed by atoms with Crippen molar-refractivity contribution in [2.75, 3.05) is 32.8 Å². The van der Waals surface area contributed by atoms with Crippen LogP contribution in [0.25, 0.3) is 0 Å². The fraction of sp³-hybridized carbons (Fsp3) is 0.645. The normalized spacial score (nSPS) is 24.7. The summed E-state index contributed by atoms with van der Waals surface area (Å²) in [4.78, 5) is 32.1. The van der Waals surface area contributed by atoms with Crippen LogP contribution >= 0.6 is 0 Å². The Morgan fingerprint density at radius 1 is 1.05 bits per heavy atom. The van der Waals surface area contributed by atoms with Crippen LogP contribution in [0.2, 0.25) is 0 Å². The number of rotatable bonds is 11. The van der Waals surface area contributed by atoms with Crippen LogP contribution in [-0.4, -0.2) is 72.5 Å². The third kappa shape index (κ3) is 8.39. The molecule has 4 rings (SSSR count). The van der Waals surface area contributed by atoms with E-state index >= 15 is 0 Å². The van der Waals surface area contributed by atoms with Gasteiger partial charge in [0, 0.05) is 30.8 Å². The molecule has 3 N–H and O–H groups in total. The number of carbonyl (C=O) groups excluding carboxylic acids is 2. The minimum absolute atomic E-state index is 0.00812. The number of aliphatic hydroxyl groups excluding tert-OH is 1. The van der Waals surface area contributed by atoms with E-state index in [0.29, 0.717) is 32.0 Å². The Kier molecular flexibility index (Phi) is 11.0. The second kappa shape index (κ2) is 14.6. The van der Waals surface area contributed by atoms with Gasteiger partial charge in [0.15, 0.2) is 5.78 Å². The summed E-state index contributed by atoms with van der Waals surface area (Å²) in [5.41, 5.74) is 9.42. The Hall–Kier alpha value is -2.71. The fourth-order valence-electron chi connectivity index (χ4n) is 5.97. The zero-order valence-electron chi connectivity index (χ0n) is 23.4. The van der Waals surface area contributed by atoms with Crippen molar-refractivity contribution in [3.63, 3.8) is 0 Å². The molecule has 1 saturated heterocycles. The van der Waals surface area contributed by atoms with Gasteiger partial charge in [0.25, 0.3) is 5.91 Å². The average molecular weight is 540 g/mol. The number of aryl methyl sites for hydroxylation is 1. The molecule has 1 amide bonds. The first-order chi connectivity index (χ1) is 18.9. The predicted molar refractivity (Wildman–Crippen MR) is 152 cm³/mol. The van der Waals surface area contributed by atoms with E-state index in [4.69, 9.17) is 20.3 Å². The fourth-order valence-corrected chi connectivity index (χ4v) is 5.97. The van der Waals surface area contributed by atoms with Crippen molar-refractivity contribution in [1.82, 2.24) is 4.90 Å². The number of nitrogens with two attached hydrogens (primary N) is 1. The summed E-state index contributed by atoms with van der Waals surface area (Å²) in [5, 5.41) is 8.93. The quantitative estimate of drug-likeness (QED) is 0.409. The number of aliphatic hydroxyl groups is 1. The van der Waals surface area contributed by atoms with Gasteiger partial charge in [0.1, 0.15) is 11.4 Å². The number of ether oxygens (including phenoxy) is 2. The van der Waals surface area contributed by atoms with E-state index in [9.17, 15) is 9.59 Å². The first-order valence-corrected chi connectivity index (χ1v) is 14.7. The largest absolute Gasteiger partial charge is 0.490 e. The topological polar surface area (TPSA) is 114 Å². The van der Waals surface area contributed by atoms with Gasteiger partial charge in [-0.25, -0.2) is 0 Å². The molecule has 2 aliphatic carbocycles. The summed E-state index contributed by atoms with van der Waals surface area (Å²) < 4.78 is 11.8. The van der Waals surface area contributed by atoms with Crippen LogP contribution in [0.4, 0.5) is 0 Å². The Bertz CT molecular complexity index is 1040. The molecule has 8 heteroatoms. The molecule has 0 atom stereocenters. The van der Waals surface area contributed by atoms with Gasteiger partial charge >= 0.3 is 0 Å². The Morgan fingerprint density at radius 3 is 2.51 bits per heavy atom. The lowest BCUT2D eigenvalue weighted by molar-refractivity contribution is -0.130. The number of hydrogen-bond donors (Lipinski definition) is 2. The third-order valence-electron chi connectivity index (χ3n) is 8.38. The highest BCUT2D eigenvalue weighted by Gasteiger charge is 2.28. The van der Waals surface area contributed by atoms with Crippen LogP contribution in [0.3, 0.4) is 0 Å². The maximum atomic E-state index is 13.0. The molecule has 0 aromatic heterocycles. The van der Waals surface area contributed by atoms with Crippen LogP contribution < -0.4 is 10.5 Å². The molecule has 39 heavy (non-hydrogen) atoms. The molecule has 3 aliphatic rings. The van der Waals surface area contributed by atoms with Gasteiger partial charge in [-0.05, 0) is 88.7 Å². The van der Waals surface area contributed by atoms with Crippen LogP contribution in [0, 0.1) is 12.8 Å². The minimum Gasteiger partial charge on any atom is -0.490 e. The van der Waals surface area contributed by atoms with Gasteiger partial charge in [-0.2, -0.15) is 0 Å². The lowest BCUT2D eigenvalue weighted by Crippen LogP contribution is -2.43. The maximum Gasteiger partial charge on any atom is 0.270 e. The molecule has 1 aliphatic heterocycles. The van der Waals surface area contributed by atoms with E-state index in [1.807, 2.05) is 18.2 Å². The highest BCUT2D eigenvalue weighted by atomic mass is 16.5. The first-order valence-electron chi connectivity index (χ1n) is 14.7. The Balaban J connectivity index is 1.20. The molecule has 214 valence electrons. The van der Waals surface area contributed by atoms with Gasteiger partial charge in [-0.1, -0.05) is 18.2 Å². The van der Waals surface area contributed by atoms with Crippen molar-refractivity contribution in [3.05, 3.63) is 41.1 Å². The second-order valence-corrected chi connectivity index (χ2v) is 11.2. The summed E-state index contributed by atoms with van der Waals surface area (Å²) >= 11 is 0. The van der Waals surface area contributed by atoms with Crippen molar-refractivity contribution in [2.45, 2.75) is 89.8 Å². The number of amides is 1. The number of piperidine rings is 1. The summed E-state index contributed by atoms with van der Waals surface area (Å²) in [6, 6.07) is 8.16. The van der Waals surface area contributed by atoms with Gasteiger partial charge in [-0.3, -0.25) is 14.6 Å². The monoisotopic (exact) mass is 539 g/mol. The number of Topliss-reactive ketones (excluding diaryl/α,β-unsaturated/α-hetero) is 1. The summed E-state index contributed by atoms with van der Waals surface area (Å²) in [6.07, 6.45) is 9.92.